The Bertz CT molecular complexity index is 574. The second-order valence-electron chi connectivity index (χ2n) is 4.38. The van der Waals surface area contributed by atoms with E-state index >= 15 is 0 Å². The standard InChI is InChI=1S/C15H16FN3O/c1-19(13-5-3-2-4-6-13)10-9-18-15(20)12-7-8-17-14(16)11-12/h2-8,11H,9-10H2,1H3,(H,18,20). The van der Waals surface area contributed by atoms with Crippen molar-refractivity contribution in [3.05, 3.63) is 60.2 Å². The molecule has 0 fully saturated rings. The number of nitrogens with one attached hydrogen (secondary N) is 1. The molecule has 0 saturated carbocycles. The maximum Gasteiger partial charge on any atom is 0.251 e. The van der Waals surface area contributed by atoms with Gasteiger partial charge in [-0.2, -0.15) is 4.39 Å². The van der Waals surface area contributed by atoms with Crippen LogP contribution >= 0.6 is 0 Å². The second kappa shape index (κ2) is 6.65. The molecule has 0 aliphatic heterocycles. The van der Waals surface area contributed by atoms with E-state index in [9.17, 15) is 9.18 Å². The van der Waals surface area contributed by atoms with E-state index in [-0.39, 0.29) is 11.5 Å². The summed E-state index contributed by atoms with van der Waals surface area (Å²) in [6, 6.07) is 12.5. The molecule has 2 rings (SSSR count). The highest BCUT2D eigenvalue weighted by molar-refractivity contribution is 5.94. The van der Waals surface area contributed by atoms with Gasteiger partial charge in [0, 0.05) is 43.7 Å². The molecule has 1 heterocycles. The average molecular weight is 273 g/mol. The van der Waals surface area contributed by atoms with Crippen LogP contribution in [0.1, 0.15) is 10.4 Å². The summed E-state index contributed by atoms with van der Waals surface area (Å²) in [5, 5.41) is 2.75. The third-order valence-corrected chi connectivity index (χ3v) is 2.92. The van der Waals surface area contributed by atoms with Crippen molar-refractivity contribution in [2.45, 2.75) is 0 Å². The topological polar surface area (TPSA) is 45.2 Å². The van der Waals surface area contributed by atoms with E-state index in [0.717, 1.165) is 11.8 Å². The average Bonchev–Trinajstić information content (AvgIpc) is 2.48. The Hall–Kier alpha value is -2.43. The lowest BCUT2D eigenvalue weighted by molar-refractivity contribution is 0.0954. The number of aromatic nitrogens is 1. The van der Waals surface area contributed by atoms with Crippen molar-refractivity contribution in [1.29, 1.82) is 0 Å². The Morgan fingerprint density at radius 2 is 2.05 bits per heavy atom. The molecular formula is C15H16FN3O. The van der Waals surface area contributed by atoms with Crippen LogP contribution < -0.4 is 10.2 Å². The van der Waals surface area contributed by atoms with Gasteiger partial charge in [-0.3, -0.25) is 4.79 Å². The molecule has 5 heteroatoms. The van der Waals surface area contributed by atoms with Crippen LogP contribution in [-0.4, -0.2) is 31.0 Å². The van der Waals surface area contributed by atoms with E-state index in [2.05, 4.69) is 10.3 Å². The molecule has 0 atom stereocenters. The molecule has 0 unspecified atom stereocenters. The van der Waals surface area contributed by atoms with Gasteiger partial charge in [0.1, 0.15) is 0 Å². The number of carbonyl (C=O) groups excluding carboxylic acids is 1. The molecule has 1 aromatic carbocycles. The third kappa shape index (κ3) is 3.78. The number of rotatable bonds is 5. The highest BCUT2D eigenvalue weighted by Crippen LogP contribution is 2.09. The molecular weight excluding hydrogens is 257 g/mol. The molecule has 104 valence electrons. The number of para-hydroxylation sites is 1. The molecule has 0 aliphatic rings. The van der Waals surface area contributed by atoms with Crippen molar-refractivity contribution < 1.29 is 9.18 Å². The second-order valence-corrected chi connectivity index (χ2v) is 4.38. The highest BCUT2D eigenvalue weighted by atomic mass is 19.1. The monoisotopic (exact) mass is 273 g/mol. The van der Waals surface area contributed by atoms with Gasteiger partial charge in [0.25, 0.3) is 5.91 Å². The zero-order valence-corrected chi connectivity index (χ0v) is 11.2. The van der Waals surface area contributed by atoms with E-state index in [4.69, 9.17) is 0 Å². The number of anilines is 1. The largest absolute Gasteiger partial charge is 0.373 e. The predicted octanol–water partition coefficient (Wildman–Crippen LogP) is 2.09. The van der Waals surface area contributed by atoms with E-state index in [0.29, 0.717) is 13.1 Å². The first-order valence-electron chi connectivity index (χ1n) is 6.33. The molecule has 1 N–H and O–H groups in total. The summed E-state index contributed by atoms with van der Waals surface area (Å²) in [5.41, 5.74) is 1.36. The Morgan fingerprint density at radius 1 is 1.30 bits per heavy atom. The molecule has 1 amide bonds. The number of nitrogens with zero attached hydrogens (tertiary/aromatic N) is 2. The lowest BCUT2D eigenvalue weighted by atomic mass is 10.2. The number of hydrogen-bond donors (Lipinski definition) is 1. The van der Waals surface area contributed by atoms with Crippen molar-refractivity contribution in [3.8, 4) is 0 Å². The van der Waals surface area contributed by atoms with Crippen LogP contribution in [0.4, 0.5) is 10.1 Å². The van der Waals surface area contributed by atoms with Crippen LogP contribution in [-0.2, 0) is 0 Å². The summed E-state index contributed by atoms with van der Waals surface area (Å²) in [6.45, 7) is 1.15. The van der Waals surface area contributed by atoms with E-state index in [1.807, 2.05) is 42.3 Å². The van der Waals surface area contributed by atoms with Crippen molar-refractivity contribution in [2.24, 2.45) is 0 Å². The quantitative estimate of drug-likeness (QED) is 0.848. The zero-order valence-electron chi connectivity index (χ0n) is 11.2. The third-order valence-electron chi connectivity index (χ3n) is 2.92. The fourth-order valence-electron chi connectivity index (χ4n) is 1.79. The van der Waals surface area contributed by atoms with Gasteiger partial charge in [0.2, 0.25) is 5.95 Å². The summed E-state index contributed by atoms with van der Waals surface area (Å²) in [6.07, 6.45) is 1.28. The summed E-state index contributed by atoms with van der Waals surface area (Å²) < 4.78 is 12.9. The van der Waals surface area contributed by atoms with Gasteiger partial charge in [-0.15, -0.1) is 0 Å². The van der Waals surface area contributed by atoms with Crippen LogP contribution in [0.2, 0.25) is 0 Å². The molecule has 0 aliphatic carbocycles. The molecule has 1 aromatic heterocycles. The van der Waals surface area contributed by atoms with E-state index in [1.165, 1.54) is 12.3 Å². The fourth-order valence-corrected chi connectivity index (χ4v) is 1.79. The molecule has 4 nitrogen and oxygen atoms in total. The SMILES string of the molecule is CN(CCNC(=O)c1ccnc(F)c1)c1ccccc1. The zero-order chi connectivity index (χ0) is 14.4. The summed E-state index contributed by atoms with van der Waals surface area (Å²) >= 11 is 0. The van der Waals surface area contributed by atoms with Crippen LogP contribution in [0, 0.1) is 5.95 Å². The van der Waals surface area contributed by atoms with E-state index in [1.54, 1.807) is 0 Å². The van der Waals surface area contributed by atoms with Crippen molar-refractivity contribution in [1.82, 2.24) is 10.3 Å². The number of carbonyl (C=O) groups is 1. The van der Waals surface area contributed by atoms with Gasteiger partial charge in [-0.1, -0.05) is 18.2 Å². The van der Waals surface area contributed by atoms with Crippen LogP contribution in [0.5, 0.6) is 0 Å². The number of pyridine rings is 1. The molecule has 20 heavy (non-hydrogen) atoms. The lowest BCUT2D eigenvalue weighted by Crippen LogP contribution is -2.33. The summed E-state index contributed by atoms with van der Waals surface area (Å²) in [5.74, 6) is -0.952. The Kier molecular flexibility index (Phi) is 4.65. The van der Waals surface area contributed by atoms with Gasteiger partial charge < -0.3 is 10.2 Å². The first kappa shape index (κ1) is 14.0. The normalized spacial score (nSPS) is 10.1. The lowest BCUT2D eigenvalue weighted by Gasteiger charge is -2.19. The fraction of sp³-hybridized carbons (Fsp3) is 0.200. The number of halogens is 1. The molecule has 2 aromatic rings. The minimum absolute atomic E-state index is 0.278. The number of benzene rings is 1. The Balaban J connectivity index is 1.83. The van der Waals surface area contributed by atoms with Gasteiger partial charge in [0.15, 0.2) is 0 Å². The first-order valence-corrected chi connectivity index (χ1v) is 6.33. The summed E-state index contributed by atoms with van der Waals surface area (Å²) in [7, 11) is 1.95. The first-order chi connectivity index (χ1) is 9.66. The maximum atomic E-state index is 12.9. The van der Waals surface area contributed by atoms with Gasteiger partial charge in [-0.25, -0.2) is 4.98 Å². The van der Waals surface area contributed by atoms with E-state index < -0.39 is 5.95 Å². The van der Waals surface area contributed by atoms with Crippen molar-refractivity contribution in [2.75, 3.05) is 25.0 Å². The smallest absolute Gasteiger partial charge is 0.251 e. The molecule has 0 radical (unpaired) electrons. The van der Waals surface area contributed by atoms with Crippen LogP contribution in [0.15, 0.2) is 48.7 Å². The Labute approximate surface area is 117 Å². The predicted molar refractivity (Wildman–Crippen MR) is 76.2 cm³/mol. The maximum absolute atomic E-state index is 12.9. The van der Waals surface area contributed by atoms with Crippen LogP contribution in [0.25, 0.3) is 0 Å². The minimum atomic E-state index is -0.654. The Morgan fingerprint density at radius 3 is 2.75 bits per heavy atom. The van der Waals surface area contributed by atoms with Gasteiger partial charge >= 0.3 is 0 Å². The minimum Gasteiger partial charge on any atom is -0.373 e. The highest BCUT2D eigenvalue weighted by Gasteiger charge is 2.07. The molecule has 0 spiro atoms. The van der Waals surface area contributed by atoms with Gasteiger partial charge in [0.05, 0.1) is 0 Å². The number of amides is 1. The van der Waals surface area contributed by atoms with Gasteiger partial charge in [-0.05, 0) is 18.2 Å². The van der Waals surface area contributed by atoms with Crippen LogP contribution in [0.3, 0.4) is 0 Å². The van der Waals surface area contributed by atoms with Crippen molar-refractivity contribution in [3.63, 3.8) is 0 Å². The molecule has 0 saturated heterocycles. The van der Waals surface area contributed by atoms with Crippen molar-refractivity contribution >= 4 is 11.6 Å². The number of likely N-dealkylation sites (N-methyl/N-ethyl adjacent to an activating group) is 1. The summed E-state index contributed by atoms with van der Waals surface area (Å²) in [4.78, 5) is 17.2. The molecule has 0 bridgehead atoms. The number of hydrogen-bond acceptors (Lipinski definition) is 3.